The molecule has 1 atom stereocenters. The fourth-order valence-electron chi connectivity index (χ4n) is 3.07. The van der Waals surface area contributed by atoms with Gasteiger partial charge in [-0.15, -0.1) is 0 Å². The molecule has 1 spiro atoms. The molecule has 2 aliphatic heterocycles. The fourth-order valence-corrected chi connectivity index (χ4v) is 3.07. The quantitative estimate of drug-likeness (QED) is 0.730. The monoisotopic (exact) mass is 237 g/mol. The second-order valence-corrected chi connectivity index (χ2v) is 5.29. The summed E-state index contributed by atoms with van der Waals surface area (Å²) in [4.78, 5) is 4.26. The molecule has 3 heterocycles. The van der Waals surface area contributed by atoms with Crippen molar-refractivity contribution >= 4 is 0 Å². The molecule has 0 bridgehead atoms. The Bertz CT molecular complexity index is 412. The minimum Gasteiger partial charge on any atom is -0.379 e. The van der Waals surface area contributed by atoms with Crippen LogP contribution in [0.5, 0.6) is 0 Å². The standard InChI is InChI=1S/C12H19N3O2/c1-15-7-6-14-10(15)12(16)8-11(17-9-12)2-4-13-5-3-11/h6-7,13,16H,2-5,8-9H2,1H3/t12-/m1/s1. The summed E-state index contributed by atoms with van der Waals surface area (Å²) < 4.78 is 7.81. The van der Waals surface area contributed by atoms with Gasteiger partial charge in [-0.3, -0.25) is 0 Å². The lowest BCUT2D eigenvalue weighted by Crippen LogP contribution is -2.42. The average Bonchev–Trinajstić information content (AvgIpc) is 2.87. The highest BCUT2D eigenvalue weighted by Crippen LogP contribution is 2.43. The zero-order chi connectivity index (χ0) is 11.9. The molecule has 5 heteroatoms. The molecule has 2 saturated heterocycles. The van der Waals surface area contributed by atoms with Crippen LogP contribution in [-0.2, 0) is 17.4 Å². The van der Waals surface area contributed by atoms with Gasteiger partial charge in [-0.25, -0.2) is 4.98 Å². The maximum Gasteiger partial charge on any atom is 0.148 e. The summed E-state index contributed by atoms with van der Waals surface area (Å²) in [5.41, 5.74) is -1.07. The molecule has 1 aromatic heterocycles. The first-order valence-corrected chi connectivity index (χ1v) is 6.19. The van der Waals surface area contributed by atoms with E-state index in [0.29, 0.717) is 18.9 Å². The Balaban J connectivity index is 1.85. The average molecular weight is 237 g/mol. The van der Waals surface area contributed by atoms with Crippen molar-refractivity contribution in [2.24, 2.45) is 7.05 Å². The van der Waals surface area contributed by atoms with Crippen molar-refractivity contribution < 1.29 is 9.84 Å². The van der Waals surface area contributed by atoms with Gasteiger partial charge in [0.25, 0.3) is 0 Å². The molecular weight excluding hydrogens is 218 g/mol. The largest absolute Gasteiger partial charge is 0.379 e. The van der Waals surface area contributed by atoms with Crippen LogP contribution in [0.1, 0.15) is 25.1 Å². The Hall–Kier alpha value is -0.910. The molecule has 17 heavy (non-hydrogen) atoms. The molecule has 0 unspecified atom stereocenters. The molecule has 0 saturated carbocycles. The molecule has 1 aromatic rings. The highest BCUT2D eigenvalue weighted by Gasteiger charge is 2.51. The van der Waals surface area contributed by atoms with Crippen LogP contribution in [0.25, 0.3) is 0 Å². The van der Waals surface area contributed by atoms with Gasteiger partial charge >= 0.3 is 0 Å². The smallest absolute Gasteiger partial charge is 0.148 e. The lowest BCUT2D eigenvalue weighted by molar-refractivity contribution is -0.0290. The molecule has 0 aromatic carbocycles. The van der Waals surface area contributed by atoms with Gasteiger partial charge in [-0.1, -0.05) is 0 Å². The Morgan fingerprint density at radius 1 is 1.47 bits per heavy atom. The topological polar surface area (TPSA) is 59.3 Å². The van der Waals surface area contributed by atoms with Gasteiger partial charge < -0.3 is 19.7 Å². The second kappa shape index (κ2) is 3.80. The highest BCUT2D eigenvalue weighted by atomic mass is 16.5. The Morgan fingerprint density at radius 2 is 2.24 bits per heavy atom. The van der Waals surface area contributed by atoms with E-state index in [1.165, 1.54) is 0 Å². The predicted molar refractivity (Wildman–Crippen MR) is 62.5 cm³/mol. The first-order valence-electron chi connectivity index (χ1n) is 6.19. The van der Waals surface area contributed by atoms with Gasteiger partial charge in [0, 0.05) is 25.9 Å². The maximum atomic E-state index is 10.7. The van der Waals surface area contributed by atoms with Crippen LogP contribution >= 0.6 is 0 Å². The molecular formula is C12H19N3O2. The Labute approximate surface area is 101 Å². The number of rotatable bonds is 1. The number of aliphatic hydroxyl groups is 1. The van der Waals surface area contributed by atoms with E-state index in [2.05, 4.69) is 10.3 Å². The molecule has 2 aliphatic rings. The van der Waals surface area contributed by atoms with Gasteiger partial charge in [0.2, 0.25) is 0 Å². The lowest BCUT2D eigenvalue weighted by atomic mass is 9.84. The molecule has 0 amide bonds. The molecule has 94 valence electrons. The van der Waals surface area contributed by atoms with E-state index in [0.717, 1.165) is 25.9 Å². The van der Waals surface area contributed by atoms with E-state index < -0.39 is 5.60 Å². The van der Waals surface area contributed by atoms with E-state index in [9.17, 15) is 5.11 Å². The zero-order valence-electron chi connectivity index (χ0n) is 10.1. The van der Waals surface area contributed by atoms with Crippen molar-refractivity contribution in [3.05, 3.63) is 18.2 Å². The highest BCUT2D eigenvalue weighted by molar-refractivity contribution is 5.11. The first kappa shape index (κ1) is 11.2. The Morgan fingerprint density at radius 3 is 2.88 bits per heavy atom. The number of nitrogens with zero attached hydrogens (tertiary/aromatic N) is 2. The summed E-state index contributed by atoms with van der Waals surface area (Å²) in [6, 6.07) is 0. The molecule has 2 fully saturated rings. The summed E-state index contributed by atoms with van der Waals surface area (Å²) in [7, 11) is 1.91. The van der Waals surface area contributed by atoms with E-state index in [1.807, 2.05) is 17.8 Å². The van der Waals surface area contributed by atoms with Crippen molar-refractivity contribution in [2.75, 3.05) is 19.7 Å². The maximum absolute atomic E-state index is 10.7. The van der Waals surface area contributed by atoms with Crippen LogP contribution < -0.4 is 5.32 Å². The number of nitrogens with one attached hydrogen (secondary N) is 1. The number of hydrogen-bond acceptors (Lipinski definition) is 4. The number of piperidine rings is 1. The van der Waals surface area contributed by atoms with E-state index in [-0.39, 0.29) is 5.60 Å². The number of hydrogen-bond donors (Lipinski definition) is 2. The molecule has 0 aliphatic carbocycles. The molecule has 0 radical (unpaired) electrons. The third-order valence-corrected chi connectivity index (χ3v) is 3.98. The van der Waals surface area contributed by atoms with Crippen LogP contribution in [-0.4, -0.2) is 40.0 Å². The van der Waals surface area contributed by atoms with Crippen molar-refractivity contribution in [1.29, 1.82) is 0 Å². The van der Waals surface area contributed by atoms with Gasteiger partial charge in [0.05, 0.1) is 12.2 Å². The minimum atomic E-state index is -0.921. The predicted octanol–water partition coefficient (Wildman–Crippen LogP) is 0.150. The first-order chi connectivity index (χ1) is 8.14. The number of aromatic nitrogens is 2. The zero-order valence-corrected chi connectivity index (χ0v) is 10.1. The van der Waals surface area contributed by atoms with E-state index in [1.54, 1.807) is 6.20 Å². The summed E-state index contributed by atoms with van der Waals surface area (Å²) in [5.74, 6) is 0.716. The second-order valence-electron chi connectivity index (χ2n) is 5.29. The van der Waals surface area contributed by atoms with Crippen LogP contribution in [0, 0.1) is 0 Å². The third-order valence-electron chi connectivity index (χ3n) is 3.98. The van der Waals surface area contributed by atoms with Gasteiger partial charge in [-0.05, 0) is 25.9 Å². The summed E-state index contributed by atoms with van der Waals surface area (Å²) in [5, 5.41) is 14.0. The minimum absolute atomic E-state index is 0.147. The van der Waals surface area contributed by atoms with Crippen molar-refractivity contribution in [1.82, 2.24) is 14.9 Å². The normalized spacial score (nSPS) is 32.1. The summed E-state index contributed by atoms with van der Waals surface area (Å²) >= 11 is 0. The summed E-state index contributed by atoms with van der Waals surface area (Å²) in [6.07, 6.45) is 6.19. The fraction of sp³-hybridized carbons (Fsp3) is 0.750. The SMILES string of the molecule is Cn1ccnc1[C@]1(O)COC2(CCNCC2)C1. The van der Waals surface area contributed by atoms with Crippen LogP contribution in [0.3, 0.4) is 0 Å². The Kier molecular flexibility index (Phi) is 2.50. The molecule has 3 rings (SSSR count). The number of imidazole rings is 1. The van der Waals surface area contributed by atoms with E-state index >= 15 is 0 Å². The number of ether oxygens (including phenoxy) is 1. The van der Waals surface area contributed by atoms with Crippen molar-refractivity contribution in [3.63, 3.8) is 0 Å². The van der Waals surface area contributed by atoms with Crippen LogP contribution in [0.4, 0.5) is 0 Å². The van der Waals surface area contributed by atoms with Crippen molar-refractivity contribution in [3.8, 4) is 0 Å². The lowest BCUT2D eigenvalue weighted by Gasteiger charge is -2.33. The molecule has 5 nitrogen and oxygen atoms in total. The van der Waals surface area contributed by atoms with E-state index in [4.69, 9.17) is 4.74 Å². The van der Waals surface area contributed by atoms with Crippen LogP contribution in [0.15, 0.2) is 12.4 Å². The molecule has 2 N–H and O–H groups in total. The van der Waals surface area contributed by atoms with Gasteiger partial charge in [0.1, 0.15) is 11.4 Å². The summed E-state index contributed by atoms with van der Waals surface area (Å²) in [6.45, 7) is 2.30. The van der Waals surface area contributed by atoms with Crippen LogP contribution in [0.2, 0.25) is 0 Å². The third kappa shape index (κ3) is 1.78. The van der Waals surface area contributed by atoms with Gasteiger partial charge in [0.15, 0.2) is 0 Å². The number of aryl methyl sites for hydroxylation is 1. The van der Waals surface area contributed by atoms with Gasteiger partial charge in [-0.2, -0.15) is 0 Å². The van der Waals surface area contributed by atoms with Crippen molar-refractivity contribution in [2.45, 2.75) is 30.5 Å².